The fourth-order valence-corrected chi connectivity index (χ4v) is 1.52. The smallest absolute Gasteiger partial charge is 0.101 e. The number of rotatable bonds is 2. The molecular weight excluding hydrogens is 143 g/mol. The molecule has 1 saturated carbocycles. The molecule has 1 rings (SSSR count). The highest BCUT2D eigenvalue weighted by molar-refractivity contribution is 6.50. The molecule has 0 bridgehead atoms. The van der Waals surface area contributed by atoms with E-state index in [1.807, 2.05) is 0 Å². The number of alkyl halides is 2. The summed E-state index contributed by atoms with van der Waals surface area (Å²) in [6.07, 6.45) is 3.39. The second-order valence-corrected chi connectivity index (χ2v) is 3.99. The Hall–Kier alpha value is 0.580. The van der Waals surface area contributed by atoms with Crippen molar-refractivity contribution in [3.8, 4) is 0 Å². The highest BCUT2D eigenvalue weighted by atomic mass is 35.5. The standard InChI is InChI=1S/C6H10Cl2/c1-2-3-5-4-6(5,7)8/h5H,2-4H2,1H3/t5-/m0/s1. The van der Waals surface area contributed by atoms with Gasteiger partial charge in [-0.2, -0.15) is 0 Å². The van der Waals surface area contributed by atoms with Crippen LogP contribution >= 0.6 is 23.2 Å². The average Bonchev–Trinajstić information content (AvgIpc) is 2.15. The Morgan fingerprint density at radius 1 is 1.62 bits per heavy atom. The zero-order valence-electron chi connectivity index (χ0n) is 4.95. The lowest BCUT2D eigenvalue weighted by Crippen LogP contribution is -1.87. The zero-order chi connectivity index (χ0) is 6.20. The number of halogens is 2. The summed E-state index contributed by atoms with van der Waals surface area (Å²) < 4.78 is -0.337. The number of hydrogen-bond acceptors (Lipinski definition) is 0. The summed E-state index contributed by atoms with van der Waals surface area (Å²) in [5.41, 5.74) is 0. The summed E-state index contributed by atoms with van der Waals surface area (Å²) in [6.45, 7) is 2.15. The van der Waals surface area contributed by atoms with Gasteiger partial charge in [-0.05, 0) is 18.8 Å². The predicted molar refractivity (Wildman–Crippen MR) is 37.5 cm³/mol. The van der Waals surface area contributed by atoms with Crippen LogP contribution in [-0.2, 0) is 0 Å². The van der Waals surface area contributed by atoms with Crippen LogP contribution < -0.4 is 0 Å². The van der Waals surface area contributed by atoms with Crippen LogP contribution in [0.2, 0.25) is 0 Å². The van der Waals surface area contributed by atoms with E-state index in [2.05, 4.69) is 6.92 Å². The van der Waals surface area contributed by atoms with E-state index in [9.17, 15) is 0 Å². The Morgan fingerprint density at radius 2 is 2.12 bits per heavy atom. The van der Waals surface area contributed by atoms with Crippen molar-refractivity contribution >= 4 is 23.2 Å². The van der Waals surface area contributed by atoms with E-state index in [1.54, 1.807) is 0 Å². The lowest BCUT2D eigenvalue weighted by Gasteiger charge is -1.93. The Bertz CT molecular complexity index is 88.5. The van der Waals surface area contributed by atoms with Crippen LogP contribution in [0.3, 0.4) is 0 Å². The van der Waals surface area contributed by atoms with Gasteiger partial charge in [0, 0.05) is 0 Å². The summed E-state index contributed by atoms with van der Waals surface area (Å²) in [6, 6.07) is 0. The maximum Gasteiger partial charge on any atom is 0.121 e. The van der Waals surface area contributed by atoms with Crippen LogP contribution in [0.1, 0.15) is 26.2 Å². The lowest BCUT2D eigenvalue weighted by molar-refractivity contribution is 0.700. The maximum atomic E-state index is 5.75. The molecule has 8 heavy (non-hydrogen) atoms. The summed E-state index contributed by atoms with van der Waals surface area (Å²) in [4.78, 5) is 0. The molecule has 0 unspecified atom stereocenters. The van der Waals surface area contributed by atoms with Gasteiger partial charge in [0.25, 0.3) is 0 Å². The van der Waals surface area contributed by atoms with Crippen molar-refractivity contribution in [2.45, 2.75) is 30.5 Å². The molecule has 0 aliphatic heterocycles. The first-order valence-corrected chi connectivity index (χ1v) is 3.80. The Morgan fingerprint density at radius 3 is 2.25 bits per heavy atom. The van der Waals surface area contributed by atoms with Crippen molar-refractivity contribution in [1.82, 2.24) is 0 Å². The summed E-state index contributed by atoms with van der Waals surface area (Å²) in [5.74, 6) is 0.593. The molecular formula is C6H10Cl2. The van der Waals surface area contributed by atoms with Crippen LogP contribution in [0.15, 0.2) is 0 Å². The van der Waals surface area contributed by atoms with Crippen LogP contribution in [0, 0.1) is 5.92 Å². The quantitative estimate of drug-likeness (QED) is 0.535. The largest absolute Gasteiger partial charge is 0.121 e. The molecule has 1 aliphatic rings. The summed E-state index contributed by atoms with van der Waals surface area (Å²) >= 11 is 11.5. The van der Waals surface area contributed by atoms with Crippen molar-refractivity contribution in [1.29, 1.82) is 0 Å². The van der Waals surface area contributed by atoms with Crippen LogP contribution in [-0.4, -0.2) is 4.33 Å². The summed E-state index contributed by atoms with van der Waals surface area (Å²) in [7, 11) is 0. The van der Waals surface area contributed by atoms with Crippen molar-refractivity contribution in [2.75, 3.05) is 0 Å². The third-order valence-electron chi connectivity index (χ3n) is 1.59. The molecule has 48 valence electrons. The van der Waals surface area contributed by atoms with Gasteiger partial charge in [-0.15, -0.1) is 23.2 Å². The first-order valence-electron chi connectivity index (χ1n) is 3.04. The molecule has 0 amide bonds. The monoisotopic (exact) mass is 152 g/mol. The zero-order valence-corrected chi connectivity index (χ0v) is 6.47. The molecule has 0 aromatic rings. The van der Waals surface area contributed by atoms with E-state index in [0.717, 1.165) is 6.42 Å². The van der Waals surface area contributed by atoms with Gasteiger partial charge in [0.15, 0.2) is 0 Å². The topological polar surface area (TPSA) is 0 Å². The highest BCUT2D eigenvalue weighted by Crippen LogP contribution is 2.55. The van der Waals surface area contributed by atoms with Gasteiger partial charge in [0.05, 0.1) is 0 Å². The average molecular weight is 153 g/mol. The molecule has 0 aromatic heterocycles. The van der Waals surface area contributed by atoms with Crippen molar-refractivity contribution in [3.05, 3.63) is 0 Å². The predicted octanol–water partition coefficient (Wildman–Crippen LogP) is 2.98. The minimum absolute atomic E-state index is 0.337. The molecule has 2 heteroatoms. The van der Waals surface area contributed by atoms with Gasteiger partial charge in [-0.25, -0.2) is 0 Å². The second kappa shape index (κ2) is 2.07. The van der Waals surface area contributed by atoms with E-state index in [0.29, 0.717) is 5.92 Å². The van der Waals surface area contributed by atoms with E-state index in [4.69, 9.17) is 23.2 Å². The molecule has 1 atom stereocenters. The SMILES string of the molecule is CCC[C@H]1CC1(Cl)Cl. The molecule has 1 fully saturated rings. The number of hydrogen-bond donors (Lipinski definition) is 0. The second-order valence-electron chi connectivity index (χ2n) is 2.45. The van der Waals surface area contributed by atoms with Gasteiger partial charge in [-0.1, -0.05) is 13.3 Å². The molecule has 0 spiro atoms. The fraction of sp³-hybridized carbons (Fsp3) is 1.00. The molecule has 0 heterocycles. The lowest BCUT2D eigenvalue weighted by atomic mass is 10.2. The van der Waals surface area contributed by atoms with Crippen LogP contribution in [0.5, 0.6) is 0 Å². The van der Waals surface area contributed by atoms with Crippen LogP contribution in [0.25, 0.3) is 0 Å². The molecule has 0 saturated heterocycles. The molecule has 0 aromatic carbocycles. The van der Waals surface area contributed by atoms with E-state index >= 15 is 0 Å². The molecule has 1 aliphatic carbocycles. The molecule has 0 radical (unpaired) electrons. The summed E-state index contributed by atoms with van der Waals surface area (Å²) in [5, 5.41) is 0. The Labute approximate surface area is 60.2 Å². The van der Waals surface area contributed by atoms with Crippen LogP contribution in [0.4, 0.5) is 0 Å². The van der Waals surface area contributed by atoms with E-state index in [-0.39, 0.29) is 4.33 Å². The normalized spacial score (nSPS) is 32.6. The third-order valence-corrected chi connectivity index (χ3v) is 2.52. The van der Waals surface area contributed by atoms with Gasteiger partial charge in [0.1, 0.15) is 4.33 Å². The Kier molecular flexibility index (Phi) is 1.74. The molecule has 0 nitrogen and oxygen atoms in total. The first kappa shape index (κ1) is 6.70. The van der Waals surface area contributed by atoms with Gasteiger partial charge < -0.3 is 0 Å². The van der Waals surface area contributed by atoms with Gasteiger partial charge in [-0.3, -0.25) is 0 Å². The van der Waals surface area contributed by atoms with E-state index in [1.165, 1.54) is 12.8 Å². The fourth-order valence-electron chi connectivity index (χ4n) is 0.931. The van der Waals surface area contributed by atoms with Crippen molar-refractivity contribution in [2.24, 2.45) is 5.92 Å². The first-order chi connectivity index (χ1) is 3.67. The van der Waals surface area contributed by atoms with Gasteiger partial charge >= 0.3 is 0 Å². The third kappa shape index (κ3) is 1.29. The highest BCUT2D eigenvalue weighted by Gasteiger charge is 2.50. The Balaban J connectivity index is 2.17. The van der Waals surface area contributed by atoms with Gasteiger partial charge in [0.2, 0.25) is 0 Å². The molecule has 0 N–H and O–H groups in total. The maximum absolute atomic E-state index is 5.75. The van der Waals surface area contributed by atoms with Crippen molar-refractivity contribution in [3.63, 3.8) is 0 Å². The van der Waals surface area contributed by atoms with E-state index < -0.39 is 0 Å². The minimum Gasteiger partial charge on any atom is -0.101 e. The minimum atomic E-state index is -0.337. The van der Waals surface area contributed by atoms with Crippen molar-refractivity contribution < 1.29 is 0 Å².